The van der Waals surface area contributed by atoms with Gasteiger partial charge < -0.3 is 9.31 Å². The lowest BCUT2D eigenvalue weighted by Gasteiger charge is -2.32. The van der Waals surface area contributed by atoms with Crippen LogP contribution in [-0.4, -0.2) is 37.9 Å². The highest BCUT2D eigenvalue weighted by molar-refractivity contribution is 6.62. The van der Waals surface area contributed by atoms with Crippen molar-refractivity contribution in [1.82, 2.24) is 19.6 Å². The van der Waals surface area contributed by atoms with E-state index >= 15 is 0 Å². The molecule has 0 N–H and O–H groups in total. The first-order valence-electron chi connectivity index (χ1n) is 9.67. The Balaban J connectivity index is 1.60. The second-order valence-electron chi connectivity index (χ2n) is 8.45. The lowest BCUT2D eigenvalue weighted by molar-refractivity contribution is 0.00578. The molecule has 7 nitrogen and oxygen atoms in total. The van der Waals surface area contributed by atoms with Gasteiger partial charge in [-0.1, -0.05) is 24.3 Å². The highest BCUT2D eigenvalue weighted by Gasteiger charge is 2.51. The Bertz CT molecular complexity index is 1090. The van der Waals surface area contributed by atoms with E-state index in [0.717, 1.165) is 16.7 Å². The third-order valence-electron chi connectivity index (χ3n) is 5.68. The van der Waals surface area contributed by atoms with Crippen LogP contribution in [0.1, 0.15) is 39.0 Å². The first kappa shape index (κ1) is 19.6. The summed E-state index contributed by atoms with van der Waals surface area (Å²) in [6.07, 6.45) is 5.64. The van der Waals surface area contributed by atoms with Crippen LogP contribution < -0.4 is 10.9 Å². The van der Waals surface area contributed by atoms with E-state index in [-0.39, 0.29) is 5.43 Å². The van der Waals surface area contributed by atoms with Gasteiger partial charge in [-0.3, -0.25) is 9.48 Å². The van der Waals surface area contributed by atoms with Crippen LogP contribution in [0.15, 0.2) is 53.7 Å². The van der Waals surface area contributed by atoms with Crippen molar-refractivity contribution in [2.45, 2.75) is 45.3 Å². The van der Waals surface area contributed by atoms with Gasteiger partial charge in [0.25, 0.3) is 0 Å². The van der Waals surface area contributed by atoms with E-state index < -0.39 is 18.3 Å². The third kappa shape index (κ3) is 3.78. The highest BCUT2D eigenvalue weighted by Crippen LogP contribution is 2.36. The molecule has 1 aromatic carbocycles. The van der Waals surface area contributed by atoms with Gasteiger partial charge in [0, 0.05) is 25.7 Å². The van der Waals surface area contributed by atoms with Crippen LogP contribution in [0, 0.1) is 0 Å². The van der Waals surface area contributed by atoms with Crippen LogP contribution >= 0.6 is 0 Å². The zero-order chi connectivity index (χ0) is 20.8. The molecular weight excluding hydrogens is 367 g/mol. The van der Waals surface area contributed by atoms with Gasteiger partial charge in [-0.05, 0) is 38.7 Å². The van der Waals surface area contributed by atoms with Crippen molar-refractivity contribution in [3.63, 3.8) is 0 Å². The summed E-state index contributed by atoms with van der Waals surface area (Å²) in [6, 6.07) is 9.48. The molecule has 0 atom stereocenters. The molecule has 3 aromatic rings. The van der Waals surface area contributed by atoms with E-state index in [1.807, 2.05) is 65.2 Å². The average molecular weight is 392 g/mol. The Hall–Kier alpha value is -2.71. The number of benzene rings is 1. The van der Waals surface area contributed by atoms with Gasteiger partial charge in [0.05, 0.1) is 23.6 Å². The summed E-state index contributed by atoms with van der Waals surface area (Å²) in [4.78, 5) is 12.4. The van der Waals surface area contributed by atoms with E-state index in [1.54, 1.807) is 21.8 Å². The molecule has 0 spiro atoms. The van der Waals surface area contributed by atoms with Crippen molar-refractivity contribution in [3.8, 4) is 5.69 Å². The Morgan fingerprint density at radius 2 is 1.83 bits per heavy atom. The van der Waals surface area contributed by atoms with Gasteiger partial charge in [0.15, 0.2) is 0 Å². The molecule has 1 fully saturated rings. The molecule has 8 heteroatoms. The first-order chi connectivity index (χ1) is 13.6. The van der Waals surface area contributed by atoms with Crippen molar-refractivity contribution in [2.75, 3.05) is 0 Å². The summed E-state index contributed by atoms with van der Waals surface area (Å²) in [5.74, 6) is 0. The van der Waals surface area contributed by atoms with Gasteiger partial charge in [-0.2, -0.15) is 10.2 Å². The van der Waals surface area contributed by atoms with E-state index in [2.05, 4.69) is 10.2 Å². The van der Waals surface area contributed by atoms with Gasteiger partial charge in [0.1, 0.15) is 11.4 Å². The molecular formula is C21H25BN4O3. The number of aryl methyl sites for hydroxylation is 1. The molecule has 150 valence electrons. The van der Waals surface area contributed by atoms with Crippen LogP contribution in [0.5, 0.6) is 0 Å². The molecule has 1 aliphatic rings. The van der Waals surface area contributed by atoms with Gasteiger partial charge in [-0.25, -0.2) is 4.68 Å². The van der Waals surface area contributed by atoms with E-state index in [9.17, 15) is 4.79 Å². The van der Waals surface area contributed by atoms with Gasteiger partial charge >= 0.3 is 7.12 Å². The summed E-state index contributed by atoms with van der Waals surface area (Å²) < 4.78 is 15.7. The van der Waals surface area contributed by atoms with Gasteiger partial charge in [0.2, 0.25) is 5.43 Å². The summed E-state index contributed by atoms with van der Waals surface area (Å²) >= 11 is 0. The zero-order valence-electron chi connectivity index (χ0n) is 17.4. The molecule has 0 aliphatic carbocycles. The predicted octanol–water partition coefficient (Wildman–Crippen LogP) is 1.86. The molecule has 1 saturated heterocycles. The Morgan fingerprint density at radius 1 is 1.10 bits per heavy atom. The second-order valence-corrected chi connectivity index (χ2v) is 8.45. The number of hydrogen-bond donors (Lipinski definition) is 0. The van der Waals surface area contributed by atoms with Crippen molar-refractivity contribution in [2.24, 2.45) is 7.05 Å². The molecule has 3 heterocycles. The molecule has 0 radical (unpaired) electrons. The van der Waals surface area contributed by atoms with Crippen molar-refractivity contribution >= 4 is 12.6 Å². The van der Waals surface area contributed by atoms with Crippen molar-refractivity contribution in [1.29, 1.82) is 0 Å². The summed E-state index contributed by atoms with van der Waals surface area (Å²) in [6.45, 7) is 8.13. The Labute approximate surface area is 170 Å². The fourth-order valence-corrected chi connectivity index (χ4v) is 3.26. The minimum atomic E-state index is -0.435. The maximum atomic E-state index is 12.4. The number of nitrogens with zero attached hydrogens (tertiary/aromatic N) is 4. The SMILES string of the molecule is Cn1cc(-n2ccc(=O)c(Cc3cccc(B4OC(C)(C)C(C)(C)O4)c3)n2)cn1. The maximum absolute atomic E-state index is 12.4. The smallest absolute Gasteiger partial charge is 0.399 e. The molecule has 29 heavy (non-hydrogen) atoms. The van der Waals surface area contributed by atoms with Crippen molar-refractivity contribution < 1.29 is 9.31 Å². The summed E-state index contributed by atoms with van der Waals surface area (Å²) in [7, 11) is 1.41. The van der Waals surface area contributed by atoms with Crippen LogP contribution in [-0.2, 0) is 22.8 Å². The first-order valence-corrected chi connectivity index (χ1v) is 9.67. The molecule has 1 aliphatic heterocycles. The lowest BCUT2D eigenvalue weighted by Crippen LogP contribution is -2.41. The minimum absolute atomic E-state index is 0.0915. The predicted molar refractivity (Wildman–Crippen MR) is 112 cm³/mol. The standard InChI is InChI=1S/C21H25BN4O3/c1-20(2)21(3,4)29-22(28-20)16-8-6-7-15(11-16)12-18-19(27)9-10-26(24-18)17-13-23-25(5)14-17/h6-11,13-14H,12H2,1-5H3. The van der Waals surface area contributed by atoms with E-state index in [1.165, 1.54) is 6.07 Å². The summed E-state index contributed by atoms with van der Waals surface area (Å²) in [5.41, 5.74) is 2.31. The lowest BCUT2D eigenvalue weighted by atomic mass is 9.78. The summed E-state index contributed by atoms with van der Waals surface area (Å²) in [5, 5.41) is 8.67. The van der Waals surface area contributed by atoms with E-state index in [4.69, 9.17) is 9.31 Å². The van der Waals surface area contributed by atoms with Crippen LogP contribution in [0.25, 0.3) is 5.69 Å². The molecule has 2 aromatic heterocycles. The van der Waals surface area contributed by atoms with Crippen molar-refractivity contribution in [3.05, 3.63) is 70.4 Å². The van der Waals surface area contributed by atoms with Crippen LogP contribution in [0.3, 0.4) is 0 Å². The normalized spacial score (nSPS) is 17.6. The topological polar surface area (TPSA) is 71.2 Å². The zero-order valence-corrected chi connectivity index (χ0v) is 17.4. The molecule has 4 rings (SSSR count). The fraction of sp³-hybridized carbons (Fsp3) is 0.381. The highest BCUT2D eigenvalue weighted by atomic mass is 16.7. The quantitative estimate of drug-likeness (QED) is 0.634. The maximum Gasteiger partial charge on any atom is 0.494 e. The Morgan fingerprint density at radius 3 is 2.48 bits per heavy atom. The minimum Gasteiger partial charge on any atom is -0.399 e. The Kier molecular flexibility index (Phi) is 4.71. The molecule has 0 bridgehead atoms. The van der Waals surface area contributed by atoms with E-state index in [0.29, 0.717) is 12.1 Å². The monoisotopic (exact) mass is 392 g/mol. The van der Waals surface area contributed by atoms with Crippen LogP contribution in [0.2, 0.25) is 0 Å². The molecule has 0 saturated carbocycles. The number of rotatable bonds is 4. The molecule has 0 amide bonds. The number of hydrogen-bond acceptors (Lipinski definition) is 5. The average Bonchev–Trinajstić information content (AvgIpc) is 3.17. The fourth-order valence-electron chi connectivity index (χ4n) is 3.26. The third-order valence-corrected chi connectivity index (χ3v) is 5.68. The molecule has 0 unspecified atom stereocenters. The largest absolute Gasteiger partial charge is 0.494 e. The van der Waals surface area contributed by atoms with Gasteiger partial charge in [-0.15, -0.1) is 0 Å². The van der Waals surface area contributed by atoms with Crippen LogP contribution in [0.4, 0.5) is 0 Å². The number of aromatic nitrogens is 4. The second kappa shape index (κ2) is 6.97.